The first kappa shape index (κ1) is 9.69. The maximum atomic E-state index is 12.9. The topological polar surface area (TPSA) is 21.7 Å². The number of hydrogen-bond donors (Lipinski definition) is 0. The van der Waals surface area contributed by atoms with Gasteiger partial charge in [0, 0.05) is 13.1 Å². The van der Waals surface area contributed by atoms with Crippen molar-refractivity contribution in [2.45, 2.75) is 19.1 Å². The van der Waals surface area contributed by atoms with Crippen LogP contribution in [0.1, 0.15) is 12.8 Å². The smallest absolute Gasteiger partial charge is 0.395 e. The van der Waals surface area contributed by atoms with Crippen LogP contribution in [-0.2, 0) is 0 Å². The summed E-state index contributed by atoms with van der Waals surface area (Å²) in [5.74, 6) is 0.281. The fourth-order valence-electron chi connectivity index (χ4n) is 2.16. The highest BCUT2D eigenvalue weighted by atomic mass is 19.3. The van der Waals surface area contributed by atoms with E-state index < -0.39 is 6.29 Å². The van der Waals surface area contributed by atoms with Crippen LogP contribution in [0.2, 0.25) is 0 Å². The van der Waals surface area contributed by atoms with Crippen molar-refractivity contribution in [1.82, 2.24) is 0 Å². The van der Waals surface area contributed by atoms with Gasteiger partial charge in [-0.05, 0) is 25.0 Å². The third-order valence-electron chi connectivity index (χ3n) is 2.85. The first-order valence-corrected chi connectivity index (χ1v) is 5.29. The Morgan fingerprint density at radius 1 is 1.12 bits per heavy atom. The number of nitrogens with zero attached hydrogens (tertiary/aromatic N) is 1. The largest absolute Gasteiger partial charge is 0.586 e. The van der Waals surface area contributed by atoms with Crippen molar-refractivity contribution in [1.29, 1.82) is 0 Å². The van der Waals surface area contributed by atoms with E-state index >= 15 is 0 Å². The Labute approximate surface area is 91.6 Å². The van der Waals surface area contributed by atoms with Crippen LogP contribution in [0.3, 0.4) is 0 Å². The Morgan fingerprint density at radius 3 is 2.62 bits per heavy atom. The van der Waals surface area contributed by atoms with Crippen LogP contribution in [0.15, 0.2) is 18.2 Å². The molecule has 0 bridgehead atoms. The van der Waals surface area contributed by atoms with Crippen molar-refractivity contribution in [3.63, 3.8) is 0 Å². The minimum absolute atomic E-state index is 0.120. The second-order valence-electron chi connectivity index (χ2n) is 3.97. The van der Waals surface area contributed by atoms with Gasteiger partial charge in [0.05, 0.1) is 5.69 Å². The van der Waals surface area contributed by atoms with Crippen molar-refractivity contribution in [2.75, 3.05) is 18.0 Å². The average molecular weight is 227 g/mol. The molecule has 0 aliphatic carbocycles. The van der Waals surface area contributed by atoms with Crippen LogP contribution in [0, 0.1) is 0 Å². The quantitative estimate of drug-likeness (QED) is 0.736. The number of benzene rings is 1. The molecule has 1 aromatic carbocycles. The van der Waals surface area contributed by atoms with E-state index in [1.807, 2.05) is 4.90 Å². The van der Waals surface area contributed by atoms with E-state index in [9.17, 15) is 8.78 Å². The molecule has 1 saturated heterocycles. The molecule has 16 heavy (non-hydrogen) atoms. The zero-order chi connectivity index (χ0) is 11.2. The zero-order valence-electron chi connectivity index (χ0n) is 8.58. The lowest BCUT2D eigenvalue weighted by Gasteiger charge is -2.18. The number of anilines is 1. The lowest BCUT2D eigenvalue weighted by Crippen LogP contribution is -2.26. The lowest BCUT2D eigenvalue weighted by atomic mass is 10.2. The Morgan fingerprint density at radius 2 is 1.88 bits per heavy atom. The highest BCUT2D eigenvalue weighted by Gasteiger charge is 2.45. The second kappa shape index (κ2) is 3.23. The minimum Gasteiger partial charge on any atom is -0.395 e. The Hall–Kier alpha value is -1.52. The molecule has 0 spiro atoms. The third kappa shape index (κ3) is 1.47. The maximum Gasteiger partial charge on any atom is 0.586 e. The molecule has 0 atom stereocenters. The molecule has 0 amide bonds. The first-order chi connectivity index (χ1) is 7.66. The van der Waals surface area contributed by atoms with Gasteiger partial charge < -0.3 is 14.4 Å². The highest BCUT2D eigenvalue weighted by molar-refractivity contribution is 5.66. The normalized spacial score (nSPS) is 21.5. The highest BCUT2D eigenvalue weighted by Crippen LogP contribution is 2.47. The van der Waals surface area contributed by atoms with Gasteiger partial charge in [-0.3, -0.25) is 0 Å². The SMILES string of the molecule is FC1(F)Oc2cccc(N3CCCC3)c2O1. The van der Waals surface area contributed by atoms with Gasteiger partial charge in [-0.2, -0.15) is 0 Å². The molecule has 0 unspecified atom stereocenters. The fourth-order valence-corrected chi connectivity index (χ4v) is 2.16. The van der Waals surface area contributed by atoms with Gasteiger partial charge in [-0.25, -0.2) is 0 Å². The van der Waals surface area contributed by atoms with Crippen LogP contribution in [0.4, 0.5) is 14.5 Å². The Kier molecular flexibility index (Phi) is 1.96. The van der Waals surface area contributed by atoms with Crippen molar-refractivity contribution in [3.8, 4) is 11.5 Å². The molecule has 2 aliphatic heterocycles. The molecule has 1 fully saturated rings. The van der Waals surface area contributed by atoms with Gasteiger partial charge in [-0.1, -0.05) is 6.07 Å². The van der Waals surface area contributed by atoms with E-state index in [-0.39, 0.29) is 11.5 Å². The van der Waals surface area contributed by atoms with Gasteiger partial charge in [-0.15, -0.1) is 8.78 Å². The number of rotatable bonds is 1. The molecule has 2 aliphatic rings. The standard InChI is InChI=1S/C11H11F2NO2/c12-11(13)15-9-5-3-4-8(10(9)16-11)14-6-1-2-7-14/h3-5H,1-2,6-7H2. The van der Waals surface area contributed by atoms with Crippen LogP contribution < -0.4 is 14.4 Å². The summed E-state index contributed by atoms with van der Waals surface area (Å²) in [6, 6.07) is 4.99. The van der Waals surface area contributed by atoms with E-state index in [0.717, 1.165) is 25.9 Å². The number of ether oxygens (including phenoxy) is 2. The summed E-state index contributed by atoms with van der Waals surface area (Å²) in [7, 11) is 0. The van der Waals surface area contributed by atoms with E-state index in [1.54, 1.807) is 12.1 Å². The molecule has 3 nitrogen and oxygen atoms in total. The first-order valence-electron chi connectivity index (χ1n) is 5.29. The van der Waals surface area contributed by atoms with Crippen LogP contribution in [0.25, 0.3) is 0 Å². The third-order valence-corrected chi connectivity index (χ3v) is 2.85. The lowest BCUT2D eigenvalue weighted by molar-refractivity contribution is -0.286. The van der Waals surface area contributed by atoms with Gasteiger partial charge >= 0.3 is 6.29 Å². The number of fused-ring (bicyclic) bond motifs is 1. The van der Waals surface area contributed by atoms with Crippen LogP contribution >= 0.6 is 0 Å². The molecule has 3 rings (SSSR count). The van der Waals surface area contributed by atoms with Crippen LogP contribution in [0.5, 0.6) is 11.5 Å². The van der Waals surface area contributed by atoms with Crippen LogP contribution in [-0.4, -0.2) is 19.4 Å². The second-order valence-corrected chi connectivity index (χ2v) is 3.97. The molecular formula is C11H11F2NO2. The van der Waals surface area contributed by atoms with Gasteiger partial charge in [0.15, 0.2) is 11.5 Å². The van der Waals surface area contributed by atoms with Gasteiger partial charge in [0.1, 0.15) is 0 Å². The minimum atomic E-state index is -3.53. The summed E-state index contributed by atoms with van der Waals surface area (Å²) >= 11 is 0. The average Bonchev–Trinajstić information content (AvgIpc) is 2.80. The summed E-state index contributed by atoms with van der Waals surface area (Å²) in [5, 5.41) is 0. The number of alkyl halides is 2. The van der Waals surface area contributed by atoms with E-state index in [0.29, 0.717) is 5.69 Å². The molecule has 5 heteroatoms. The molecule has 86 valence electrons. The fraction of sp³-hybridized carbons (Fsp3) is 0.455. The number of hydrogen-bond acceptors (Lipinski definition) is 3. The summed E-state index contributed by atoms with van der Waals surface area (Å²) < 4.78 is 34.8. The Balaban J connectivity index is 1.99. The van der Waals surface area contributed by atoms with Crippen molar-refractivity contribution >= 4 is 5.69 Å². The summed E-state index contributed by atoms with van der Waals surface area (Å²) in [5.41, 5.74) is 0.701. The van der Waals surface area contributed by atoms with Crippen molar-refractivity contribution in [3.05, 3.63) is 18.2 Å². The predicted octanol–water partition coefficient (Wildman–Crippen LogP) is 2.61. The van der Waals surface area contributed by atoms with Gasteiger partial charge in [0.2, 0.25) is 0 Å². The summed E-state index contributed by atoms with van der Waals surface area (Å²) in [6.07, 6.45) is -1.36. The molecule has 0 N–H and O–H groups in total. The van der Waals surface area contributed by atoms with E-state index in [1.165, 1.54) is 6.07 Å². The summed E-state index contributed by atoms with van der Waals surface area (Å²) in [6.45, 7) is 1.76. The zero-order valence-corrected chi connectivity index (χ0v) is 8.58. The van der Waals surface area contributed by atoms with Crippen molar-refractivity contribution < 1.29 is 18.3 Å². The van der Waals surface area contributed by atoms with E-state index in [4.69, 9.17) is 0 Å². The Bertz CT molecular complexity index is 416. The van der Waals surface area contributed by atoms with Crippen molar-refractivity contribution in [2.24, 2.45) is 0 Å². The molecule has 0 aromatic heterocycles. The summed E-state index contributed by atoms with van der Waals surface area (Å²) in [4.78, 5) is 2.05. The molecule has 0 radical (unpaired) electrons. The molecule has 2 heterocycles. The number of para-hydroxylation sites is 1. The molecular weight excluding hydrogens is 216 g/mol. The number of halogens is 2. The van der Waals surface area contributed by atoms with Gasteiger partial charge in [0.25, 0.3) is 0 Å². The molecule has 1 aromatic rings. The maximum absolute atomic E-state index is 12.9. The predicted molar refractivity (Wildman–Crippen MR) is 54.1 cm³/mol. The monoisotopic (exact) mass is 227 g/mol. The molecule has 0 saturated carbocycles. The van der Waals surface area contributed by atoms with E-state index in [2.05, 4.69) is 9.47 Å².